The molecule has 0 bridgehead atoms. The van der Waals surface area contributed by atoms with Crippen LogP contribution >= 0.6 is 0 Å². The summed E-state index contributed by atoms with van der Waals surface area (Å²) in [5.41, 5.74) is 6.79. The summed E-state index contributed by atoms with van der Waals surface area (Å²) < 4.78 is 10.6. The van der Waals surface area contributed by atoms with Crippen molar-refractivity contribution in [2.75, 3.05) is 0 Å². The van der Waals surface area contributed by atoms with Crippen LogP contribution in [-0.4, -0.2) is 14.1 Å². The maximum Gasteiger partial charge on any atom is 0.140 e. The second-order valence-corrected chi connectivity index (χ2v) is 10.7. The van der Waals surface area contributed by atoms with E-state index >= 15 is 0 Å². The molecule has 0 saturated heterocycles. The third-order valence-electron chi connectivity index (χ3n) is 8.37. The van der Waals surface area contributed by atoms with Gasteiger partial charge in [-0.05, 0) is 66.7 Å². The van der Waals surface area contributed by atoms with Crippen molar-refractivity contribution < 1.29 is 4.42 Å². The van der Waals surface area contributed by atoms with Crippen molar-refractivity contribution >= 4 is 65.6 Å². The molecule has 43 heavy (non-hydrogen) atoms. The molecule has 198 valence electrons. The Labute approximate surface area is 244 Å². The largest absolute Gasteiger partial charge is 0.456 e. The van der Waals surface area contributed by atoms with Crippen LogP contribution in [0.2, 0.25) is 0 Å². The average molecular weight is 550 g/mol. The SMILES string of the molecule is N#Cc1ccc2oc3cc4c(cc3c2c1)c1ccccc1n4-c1cccc(-n2c3ccccc3c3cc(C#N)ccc32)n1. The summed E-state index contributed by atoms with van der Waals surface area (Å²) in [5.74, 6) is 1.57. The summed E-state index contributed by atoms with van der Waals surface area (Å²) >= 11 is 0. The Bertz CT molecular complexity index is 2710. The molecule has 0 atom stereocenters. The third kappa shape index (κ3) is 3.23. The maximum atomic E-state index is 9.55. The predicted molar refractivity (Wildman–Crippen MR) is 170 cm³/mol. The van der Waals surface area contributed by atoms with Crippen LogP contribution in [-0.2, 0) is 0 Å². The number of rotatable bonds is 2. The fourth-order valence-electron chi connectivity index (χ4n) is 6.51. The van der Waals surface area contributed by atoms with Gasteiger partial charge >= 0.3 is 0 Å². The van der Waals surface area contributed by atoms with E-state index in [0.717, 1.165) is 77.2 Å². The van der Waals surface area contributed by atoms with E-state index in [0.29, 0.717) is 11.1 Å². The number of nitrogens with zero attached hydrogens (tertiary/aromatic N) is 5. The van der Waals surface area contributed by atoms with Gasteiger partial charge in [0.15, 0.2) is 0 Å². The minimum atomic E-state index is 0.604. The fraction of sp³-hybridized carbons (Fsp3) is 0. The zero-order valence-corrected chi connectivity index (χ0v) is 22.6. The van der Waals surface area contributed by atoms with E-state index in [2.05, 4.69) is 63.7 Å². The predicted octanol–water partition coefficient (Wildman–Crippen LogP) is 8.92. The van der Waals surface area contributed by atoms with Gasteiger partial charge in [0.1, 0.15) is 22.8 Å². The molecule has 0 fully saturated rings. The lowest BCUT2D eigenvalue weighted by Crippen LogP contribution is -2.03. The Kier molecular flexibility index (Phi) is 4.65. The van der Waals surface area contributed by atoms with Crippen molar-refractivity contribution in [3.8, 4) is 23.8 Å². The van der Waals surface area contributed by atoms with Crippen molar-refractivity contribution in [2.45, 2.75) is 0 Å². The topological polar surface area (TPSA) is 83.5 Å². The molecule has 0 aliphatic heterocycles. The number of aromatic nitrogens is 3. The van der Waals surface area contributed by atoms with Crippen LogP contribution in [0.15, 0.2) is 120 Å². The van der Waals surface area contributed by atoms with Crippen molar-refractivity contribution in [2.24, 2.45) is 0 Å². The standard InChI is InChI=1S/C37H19N5O/c38-20-22-12-14-32-26(16-22)24-6-1-3-8-30(24)41(32)36-10-5-11-37(40-36)42-31-9-4-2-7-25(31)27-18-29-28-17-23(21-39)13-15-34(28)43-35(29)19-33(27)42/h1-19H. The Morgan fingerprint density at radius 1 is 0.465 bits per heavy atom. The molecule has 0 radical (unpaired) electrons. The van der Waals surface area contributed by atoms with Crippen molar-refractivity contribution in [3.05, 3.63) is 126 Å². The first-order valence-electron chi connectivity index (χ1n) is 13.9. The highest BCUT2D eigenvalue weighted by Crippen LogP contribution is 2.39. The first-order chi connectivity index (χ1) is 21.2. The lowest BCUT2D eigenvalue weighted by Gasteiger charge is -2.11. The van der Waals surface area contributed by atoms with Gasteiger partial charge in [0.2, 0.25) is 0 Å². The van der Waals surface area contributed by atoms with Gasteiger partial charge in [0.25, 0.3) is 0 Å². The van der Waals surface area contributed by atoms with E-state index in [1.165, 1.54) is 0 Å². The molecule has 5 aromatic carbocycles. The van der Waals surface area contributed by atoms with Crippen LogP contribution in [0.3, 0.4) is 0 Å². The number of hydrogen-bond acceptors (Lipinski definition) is 4. The monoisotopic (exact) mass is 549 g/mol. The molecular formula is C37H19N5O. The van der Waals surface area contributed by atoms with Crippen LogP contribution in [0.5, 0.6) is 0 Å². The van der Waals surface area contributed by atoms with Crippen molar-refractivity contribution in [1.82, 2.24) is 14.1 Å². The summed E-state index contributed by atoms with van der Waals surface area (Å²) in [4.78, 5) is 5.24. The zero-order chi connectivity index (χ0) is 28.7. The Balaban J connectivity index is 1.33. The molecular weight excluding hydrogens is 530 g/mol. The molecule has 0 aliphatic rings. The van der Waals surface area contributed by atoms with Crippen LogP contribution in [0.1, 0.15) is 11.1 Å². The van der Waals surface area contributed by atoms with Gasteiger partial charge in [0, 0.05) is 38.4 Å². The molecule has 0 N–H and O–H groups in total. The van der Waals surface area contributed by atoms with Crippen LogP contribution in [0.4, 0.5) is 0 Å². The number of benzene rings is 5. The average Bonchev–Trinajstić information content (AvgIpc) is 3.70. The maximum absolute atomic E-state index is 9.55. The van der Waals surface area contributed by atoms with E-state index in [1.807, 2.05) is 66.7 Å². The Morgan fingerprint density at radius 2 is 1.02 bits per heavy atom. The molecule has 9 rings (SSSR count). The van der Waals surface area contributed by atoms with Crippen molar-refractivity contribution in [3.63, 3.8) is 0 Å². The van der Waals surface area contributed by atoms with Gasteiger partial charge in [0.05, 0.1) is 45.3 Å². The summed E-state index contributed by atoms with van der Waals surface area (Å²) in [6.45, 7) is 0. The number of fused-ring (bicyclic) bond motifs is 9. The molecule has 0 saturated carbocycles. The highest BCUT2D eigenvalue weighted by Gasteiger charge is 2.19. The lowest BCUT2D eigenvalue weighted by molar-refractivity contribution is 0.669. The number of furan rings is 1. The molecule has 0 aliphatic carbocycles. The minimum absolute atomic E-state index is 0.604. The Hall–Kier alpha value is -6.37. The molecule has 4 heterocycles. The van der Waals surface area contributed by atoms with Crippen LogP contribution in [0.25, 0.3) is 77.2 Å². The summed E-state index contributed by atoms with van der Waals surface area (Å²) in [6.07, 6.45) is 0. The molecule has 0 unspecified atom stereocenters. The van der Waals surface area contributed by atoms with Crippen LogP contribution in [0, 0.1) is 22.7 Å². The molecule has 6 heteroatoms. The van der Waals surface area contributed by atoms with Crippen LogP contribution < -0.4 is 0 Å². The number of nitriles is 2. The van der Waals surface area contributed by atoms with E-state index in [4.69, 9.17) is 9.40 Å². The zero-order valence-electron chi connectivity index (χ0n) is 22.6. The second-order valence-electron chi connectivity index (χ2n) is 10.7. The summed E-state index contributed by atoms with van der Waals surface area (Å²) in [6, 6.07) is 42.7. The lowest BCUT2D eigenvalue weighted by atomic mass is 10.1. The summed E-state index contributed by atoms with van der Waals surface area (Å²) in [5, 5.41) is 25.2. The van der Waals surface area contributed by atoms with E-state index < -0.39 is 0 Å². The highest BCUT2D eigenvalue weighted by molar-refractivity contribution is 6.17. The quantitative estimate of drug-likeness (QED) is 0.215. The van der Waals surface area contributed by atoms with E-state index in [-0.39, 0.29) is 0 Å². The molecule has 9 aromatic rings. The third-order valence-corrected chi connectivity index (χ3v) is 8.37. The summed E-state index contributed by atoms with van der Waals surface area (Å²) in [7, 11) is 0. The second kappa shape index (κ2) is 8.57. The normalized spacial score (nSPS) is 11.7. The first kappa shape index (κ1) is 23.3. The van der Waals surface area contributed by atoms with Gasteiger partial charge in [-0.1, -0.05) is 42.5 Å². The van der Waals surface area contributed by atoms with E-state index in [1.54, 1.807) is 6.07 Å². The first-order valence-corrected chi connectivity index (χ1v) is 13.9. The smallest absolute Gasteiger partial charge is 0.140 e. The van der Waals surface area contributed by atoms with Gasteiger partial charge in [-0.15, -0.1) is 0 Å². The number of para-hydroxylation sites is 2. The molecule has 4 aromatic heterocycles. The van der Waals surface area contributed by atoms with Gasteiger partial charge in [-0.25, -0.2) is 4.98 Å². The highest BCUT2D eigenvalue weighted by atomic mass is 16.3. The molecule has 0 amide bonds. The van der Waals surface area contributed by atoms with Gasteiger partial charge < -0.3 is 4.42 Å². The fourth-order valence-corrected chi connectivity index (χ4v) is 6.51. The van der Waals surface area contributed by atoms with E-state index in [9.17, 15) is 10.5 Å². The molecule has 6 nitrogen and oxygen atoms in total. The number of hydrogen-bond donors (Lipinski definition) is 0. The minimum Gasteiger partial charge on any atom is -0.456 e. The molecule has 0 spiro atoms. The van der Waals surface area contributed by atoms with Gasteiger partial charge in [-0.2, -0.15) is 10.5 Å². The Morgan fingerprint density at radius 3 is 1.72 bits per heavy atom. The van der Waals surface area contributed by atoms with Crippen molar-refractivity contribution in [1.29, 1.82) is 10.5 Å². The van der Waals surface area contributed by atoms with Gasteiger partial charge in [-0.3, -0.25) is 9.13 Å². The number of pyridine rings is 1.